The molecule has 1 aromatic rings. The second-order valence-corrected chi connectivity index (χ2v) is 5.06. The van der Waals surface area contributed by atoms with Crippen LogP contribution in [0.4, 0.5) is 0 Å². The topological polar surface area (TPSA) is 40.5 Å². The molecule has 3 heteroatoms. The zero-order chi connectivity index (χ0) is 14.3. The molecule has 1 aromatic carbocycles. The molecule has 0 aromatic heterocycles. The lowest BCUT2D eigenvalue weighted by Crippen LogP contribution is -1.85. The zero-order valence-corrected chi connectivity index (χ0v) is 12.2. The Morgan fingerprint density at radius 3 is 2.58 bits per heavy atom. The number of halogens is 1. The Morgan fingerprint density at radius 1 is 1.16 bits per heavy atom. The van der Waals surface area contributed by atoms with Crippen LogP contribution in [-0.2, 0) is 6.42 Å². The van der Waals surface area contributed by atoms with Gasteiger partial charge >= 0.3 is 0 Å². The zero-order valence-electron chi connectivity index (χ0n) is 11.5. The number of aromatic hydroxyl groups is 2. The molecule has 0 fully saturated rings. The highest BCUT2D eigenvalue weighted by molar-refractivity contribution is 6.19. The van der Waals surface area contributed by atoms with E-state index in [0.29, 0.717) is 12.3 Å². The van der Waals surface area contributed by atoms with Gasteiger partial charge in [-0.15, -0.1) is 11.6 Å². The Hall–Kier alpha value is -1.41. The number of hydrogen-bond donors (Lipinski definition) is 2. The highest BCUT2D eigenvalue weighted by atomic mass is 35.5. The van der Waals surface area contributed by atoms with Crippen LogP contribution in [-0.4, -0.2) is 16.1 Å². The molecule has 0 atom stereocenters. The minimum atomic E-state index is 0.180. The van der Waals surface area contributed by atoms with Gasteiger partial charge in [0.15, 0.2) is 0 Å². The maximum absolute atomic E-state index is 9.66. The van der Waals surface area contributed by atoms with Crippen molar-refractivity contribution < 1.29 is 10.2 Å². The van der Waals surface area contributed by atoms with Crippen LogP contribution >= 0.6 is 11.6 Å². The number of rotatable bonds is 6. The average molecular weight is 281 g/mol. The molecular weight excluding hydrogens is 260 g/mol. The van der Waals surface area contributed by atoms with Crippen molar-refractivity contribution in [3.05, 3.63) is 47.1 Å². The van der Waals surface area contributed by atoms with Crippen LogP contribution in [0.25, 0.3) is 0 Å². The van der Waals surface area contributed by atoms with E-state index in [-0.39, 0.29) is 11.5 Å². The van der Waals surface area contributed by atoms with Crippen LogP contribution in [0.3, 0.4) is 0 Å². The van der Waals surface area contributed by atoms with Gasteiger partial charge in [-0.2, -0.15) is 0 Å². The summed E-state index contributed by atoms with van der Waals surface area (Å²) in [5, 5.41) is 19.0. The maximum Gasteiger partial charge on any atom is 0.119 e. The minimum Gasteiger partial charge on any atom is -0.508 e. The van der Waals surface area contributed by atoms with E-state index in [9.17, 15) is 10.2 Å². The Balaban J connectivity index is 2.53. The van der Waals surface area contributed by atoms with Gasteiger partial charge in [0.1, 0.15) is 11.5 Å². The van der Waals surface area contributed by atoms with Gasteiger partial charge in [0.25, 0.3) is 0 Å². The summed E-state index contributed by atoms with van der Waals surface area (Å²) in [7, 11) is 0. The summed E-state index contributed by atoms with van der Waals surface area (Å²) in [6, 6.07) is 4.59. The first-order valence-electron chi connectivity index (χ1n) is 6.41. The summed E-state index contributed by atoms with van der Waals surface area (Å²) >= 11 is 5.71. The van der Waals surface area contributed by atoms with Crippen molar-refractivity contribution >= 4 is 11.6 Å². The lowest BCUT2D eigenvalue weighted by molar-refractivity contribution is 0.455. The molecular formula is C16H21ClO2. The first-order valence-corrected chi connectivity index (χ1v) is 6.94. The number of allylic oxidation sites excluding steroid dienone is 4. The van der Waals surface area contributed by atoms with E-state index >= 15 is 0 Å². The average Bonchev–Trinajstić information content (AvgIpc) is 2.39. The number of phenols is 2. The lowest BCUT2D eigenvalue weighted by Gasteiger charge is -2.04. The van der Waals surface area contributed by atoms with Gasteiger partial charge in [-0.25, -0.2) is 0 Å². The van der Waals surface area contributed by atoms with Crippen LogP contribution in [0, 0.1) is 0 Å². The fraction of sp³-hybridized carbons (Fsp3) is 0.375. The second-order valence-electron chi connectivity index (χ2n) is 4.79. The van der Waals surface area contributed by atoms with Gasteiger partial charge in [-0.05, 0) is 51.3 Å². The van der Waals surface area contributed by atoms with Crippen LogP contribution in [0.2, 0.25) is 0 Å². The molecule has 0 amide bonds. The summed E-state index contributed by atoms with van der Waals surface area (Å²) in [6.07, 6.45) is 6.82. The fourth-order valence-electron chi connectivity index (χ4n) is 1.72. The summed E-state index contributed by atoms with van der Waals surface area (Å²) in [4.78, 5) is 0. The van der Waals surface area contributed by atoms with Crippen molar-refractivity contribution in [3.8, 4) is 11.5 Å². The Bertz CT molecular complexity index is 476. The molecule has 2 nitrogen and oxygen atoms in total. The van der Waals surface area contributed by atoms with Crippen LogP contribution in [0.5, 0.6) is 11.5 Å². The number of phenolic OH excluding ortho intramolecular Hbond substituents is 2. The Labute approximate surface area is 120 Å². The number of hydrogen-bond acceptors (Lipinski definition) is 2. The molecule has 0 heterocycles. The predicted molar refractivity (Wildman–Crippen MR) is 80.9 cm³/mol. The Kier molecular flexibility index (Phi) is 6.51. The monoisotopic (exact) mass is 280 g/mol. The molecule has 0 aliphatic heterocycles. The van der Waals surface area contributed by atoms with Gasteiger partial charge < -0.3 is 10.2 Å². The van der Waals surface area contributed by atoms with Crippen LogP contribution in [0.15, 0.2) is 41.5 Å². The fourth-order valence-corrected chi connectivity index (χ4v) is 1.83. The smallest absolute Gasteiger partial charge is 0.119 e. The third kappa shape index (κ3) is 5.84. The highest BCUT2D eigenvalue weighted by Gasteiger charge is 2.01. The van der Waals surface area contributed by atoms with E-state index in [2.05, 4.69) is 19.1 Å². The summed E-state index contributed by atoms with van der Waals surface area (Å²) in [5.41, 5.74) is 3.20. The third-order valence-corrected chi connectivity index (χ3v) is 3.40. The lowest BCUT2D eigenvalue weighted by atomic mass is 10.1. The molecule has 104 valence electrons. The summed E-state index contributed by atoms with van der Waals surface area (Å²) in [5.74, 6) is 0.985. The third-order valence-electron chi connectivity index (χ3n) is 2.98. The van der Waals surface area contributed by atoms with Gasteiger partial charge in [0.2, 0.25) is 0 Å². The SMILES string of the molecule is C/C(=C/CC/C(C)=C/Cc1cc(O)ccc1O)CCl. The number of benzene rings is 1. The van der Waals surface area contributed by atoms with Crippen molar-refractivity contribution in [2.75, 3.05) is 5.88 Å². The molecule has 0 saturated heterocycles. The van der Waals surface area contributed by atoms with E-state index in [1.807, 2.05) is 6.92 Å². The van der Waals surface area contributed by atoms with Crippen molar-refractivity contribution in [1.82, 2.24) is 0 Å². The molecule has 1 rings (SSSR count). The Morgan fingerprint density at radius 2 is 1.89 bits per heavy atom. The van der Waals surface area contributed by atoms with E-state index in [1.165, 1.54) is 23.3 Å². The van der Waals surface area contributed by atoms with Crippen molar-refractivity contribution in [2.45, 2.75) is 33.1 Å². The predicted octanol–water partition coefficient (Wildman–Crippen LogP) is 4.55. The molecule has 2 N–H and O–H groups in total. The van der Waals surface area contributed by atoms with E-state index < -0.39 is 0 Å². The molecule has 0 spiro atoms. The summed E-state index contributed by atoms with van der Waals surface area (Å²) < 4.78 is 0. The van der Waals surface area contributed by atoms with Gasteiger partial charge in [0, 0.05) is 11.4 Å². The van der Waals surface area contributed by atoms with Crippen LogP contribution < -0.4 is 0 Å². The van der Waals surface area contributed by atoms with Gasteiger partial charge in [-0.1, -0.05) is 23.3 Å². The van der Waals surface area contributed by atoms with Crippen molar-refractivity contribution in [2.24, 2.45) is 0 Å². The standard InChI is InChI=1S/C16H21ClO2/c1-12(4-3-5-13(2)11-17)6-7-14-10-15(18)8-9-16(14)19/h5-6,8-10,18-19H,3-4,7,11H2,1-2H3/b12-6+,13-5-. The molecule has 0 aliphatic rings. The van der Waals surface area contributed by atoms with Crippen LogP contribution in [0.1, 0.15) is 32.3 Å². The van der Waals surface area contributed by atoms with Gasteiger partial charge in [-0.3, -0.25) is 0 Å². The molecule has 19 heavy (non-hydrogen) atoms. The molecule has 0 unspecified atom stereocenters. The van der Waals surface area contributed by atoms with Crippen molar-refractivity contribution in [3.63, 3.8) is 0 Å². The summed E-state index contributed by atoms with van der Waals surface area (Å²) in [6.45, 7) is 4.10. The van der Waals surface area contributed by atoms with Gasteiger partial charge in [0.05, 0.1) is 0 Å². The highest BCUT2D eigenvalue weighted by Crippen LogP contribution is 2.23. The first-order chi connectivity index (χ1) is 9.02. The van der Waals surface area contributed by atoms with E-state index in [0.717, 1.165) is 18.4 Å². The normalized spacial score (nSPS) is 12.8. The quantitative estimate of drug-likeness (QED) is 0.456. The second kappa shape index (κ2) is 7.90. The number of alkyl halides is 1. The van der Waals surface area contributed by atoms with E-state index in [1.54, 1.807) is 6.07 Å². The largest absolute Gasteiger partial charge is 0.508 e. The van der Waals surface area contributed by atoms with Crippen molar-refractivity contribution in [1.29, 1.82) is 0 Å². The molecule has 0 saturated carbocycles. The molecule has 0 bridgehead atoms. The maximum atomic E-state index is 9.66. The molecule has 0 aliphatic carbocycles. The van der Waals surface area contributed by atoms with E-state index in [4.69, 9.17) is 11.6 Å². The minimum absolute atomic E-state index is 0.180. The first kappa shape index (κ1) is 15.6. The molecule has 0 radical (unpaired) electrons.